The van der Waals surface area contributed by atoms with Crippen molar-refractivity contribution in [1.29, 1.82) is 0 Å². The first kappa shape index (κ1) is 29.3. The molecule has 10 rings (SSSR count). The summed E-state index contributed by atoms with van der Waals surface area (Å²) in [7, 11) is -3.90. The molecule has 1 spiro atoms. The van der Waals surface area contributed by atoms with E-state index in [0.717, 1.165) is 43.8 Å². The molecular formula is C43H35BNO3P. The Labute approximate surface area is 286 Å². The average Bonchev–Trinajstić information content (AvgIpc) is 3.58. The van der Waals surface area contributed by atoms with Gasteiger partial charge in [-0.2, -0.15) is 0 Å². The standard InChI is InChI=1S/C43H35BNO3P/c1-41(2)42(3,4)48-44(47-41)28-25-26-39-35(27-28)43(33-20-10-13-24-38(33)49(39,46)29-15-6-5-7-16-29)32-19-9-12-23-37(32)45-36-22-11-8-17-30(36)31-18-14-21-34(43)40(31)45/h5-27H,1-4H3. The second-order valence-corrected chi connectivity index (χ2v) is 17.3. The van der Waals surface area contributed by atoms with Crippen molar-refractivity contribution < 1.29 is 13.9 Å². The minimum Gasteiger partial charge on any atom is -0.399 e. The number of hydrogen-bond donors (Lipinski definition) is 0. The highest BCUT2D eigenvalue weighted by molar-refractivity contribution is 7.85. The SMILES string of the molecule is CC1(C)OB(c2ccc3c(c2)C2(c4ccccc4-n4c5ccccc5c5cccc2c54)c2ccccc2P3(=O)c2ccccc2)OC1(C)C. The Morgan fingerprint density at radius 3 is 1.98 bits per heavy atom. The first-order valence-corrected chi connectivity index (χ1v) is 18.8. The number of nitrogens with zero attached hydrogens (tertiary/aromatic N) is 1. The van der Waals surface area contributed by atoms with Crippen molar-refractivity contribution in [2.75, 3.05) is 0 Å². The van der Waals surface area contributed by atoms with Gasteiger partial charge in [0.25, 0.3) is 0 Å². The molecular weight excluding hydrogens is 620 g/mol. The topological polar surface area (TPSA) is 40.5 Å². The van der Waals surface area contributed by atoms with Gasteiger partial charge in [0.1, 0.15) is 0 Å². The van der Waals surface area contributed by atoms with Crippen molar-refractivity contribution in [3.8, 4) is 5.69 Å². The molecule has 1 saturated heterocycles. The lowest BCUT2D eigenvalue weighted by molar-refractivity contribution is 0.00578. The van der Waals surface area contributed by atoms with Gasteiger partial charge >= 0.3 is 7.12 Å². The summed E-state index contributed by atoms with van der Waals surface area (Å²) in [5.41, 5.74) is 7.06. The molecule has 0 radical (unpaired) electrons. The van der Waals surface area contributed by atoms with Crippen LogP contribution >= 0.6 is 7.14 Å². The fourth-order valence-corrected chi connectivity index (χ4v) is 11.9. The molecule has 6 heteroatoms. The number of rotatable bonds is 2. The lowest BCUT2D eigenvalue weighted by Crippen LogP contribution is -2.49. The summed E-state index contributed by atoms with van der Waals surface area (Å²) in [6, 6.07) is 49.1. The van der Waals surface area contributed by atoms with Gasteiger partial charge in [0, 0.05) is 26.7 Å². The summed E-state index contributed by atoms with van der Waals surface area (Å²) in [5, 5.41) is 5.00. The Kier molecular flexibility index (Phi) is 5.81. The van der Waals surface area contributed by atoms with Gasteiger partial charge in [-0.1, -0.05) is 127 Å². The van der Waals surface area contributed by atoms with E-state index in [9.17, 15) is 0 Å². The molecule has 6 aromatic carbocycles. The predicted octanol–water partition coefficient (Wildman–Crippen LogP) is 7.73. The summed E-state index contributed by atoms with van der Waals surface area (Å²) in [6.45, 7) is 8.35. The van der Waals surface area contributed by atoms with Crippen LogP contribution in [0.3, 0.4) is 0 Å². The Bertz CT molecular complexity index is 2550. The highest BCUT2D eigenvalue weighted by Crippen LogP contribution is 2.60. The normalized spacial score (nSPS) is 22.7. The van der Waals surface area contributed by atoms with E-state index in [1.54, 1.807) is 0 Å². The Balaban J connectivity index is 1.40. The van der Waals surface area contributed by atoms with Gasteiger partial charge in [0.15, 0.2) is 7.14 Å². The number of hydrogen-bond acceptors (Lipinski definition) is 3. The third kappa shape index (κ3) is 3.55. The molecule has 2 atom stereocenters. The van der Waals surface area contributed by atoms with Crippen LogP contribution in [0.15, 0.2) is 140 Å². The van der Waals surface area contributed by atoms with Gasteiger partial charge < -0.3 is 18.4 Å². The molecule has 3 aliphatic heterocycles. The van der Waals surface area contributed by atoms with E-state index < -0.39 is 30.9 Å². The van der Waals surface area contributed by atoms with Gasteiger partial charge in [-0.3, -0.25) is 0 Å². The molecule has 0 aliphatic carbocycles. The zero-order chi connectivity index (χ0) is 33.3. The molecule has 49 heavy (non-hydrogen) atoms. The number of para-hydroxylation sites is 3. The average molecular weight is 656 g/mol. The van der Waals surface area contributed by atoms with E-state index in [2.05, 4.69) is 135 Å². The van der Waals surface area contributed by atoms with Crippen LogP contribution in [0.4, 0.5) is 0 Å². The Morgan fingerprint density at radius 1 is 0.571 bits per heavy atom. The molecule has 4 heterocycles. The first-order chi connectivity index (χ1) is 23.7. The van der Waals surface area contributed by atoms with Gasteiger partial charge in [-0.25, -0.2) is 0 Å². The smallest absolute Gasteiger partial charge is 0.399 e. The third-order valence-electron chi connectivity index (χ3n) is 11.7. The molecule has 3 aliphatic rings. The van der Waals surface area contributed by atoms with Gasteiger partial charge in [-0.15, -0.1) is 0 Å². The maximum absolute atomic E-state index is 16.2. The number of aromatic nitrogens is 1. The van der Waals surface area contributed by atoms with Crippen molar-refractivity contribution >= 4 is 57.4 Å². The quantitative estimate of drug-likeness (QED) is 0.141. The van der Waals surface area contributed by atoms with Crippen molar-refractivity contribution in [3.05, 3.63) is 162 Å². The second-order valence-electron chi connectivity index (χ2n) is 14.6. The molecule has 0 saturated carbocycles. The molecule has 4 nitrogen and oxygen atoms in total. The summed E-state index contributed by atoms with van der Waals surface area (Å²) in [4.78, 5) is 0. The van der Waals surface area contributed by atoms with Crippen molar-refractivity contribution in [2.24, 2.45) is 0 Å². The number of benzene rings is 6. The van der Waals surface area contributed by atoms with Crippen LogP contribution in [0.1, 0.15) is 49.9 Å². The van der Waals surface area contributed by atoms with E-state index in [-0.39, 0.29) is 0 Å². The molecule has 238 valence electrons. The van der Waals surface area contributed by atoms with Crippen LogP contribution in [0, 0.1) is 0 Å². The summed E-state index contributed by atoms with van der Waals surface area (Å²) in [5.74, 6) is 0. The molecule has 0 N–H and O–H groups in total. The van der Waals surface area contributed by atoms with Crippen LogP contribution in [-0.4, -0.2) is 22.9 Å². The zero-order valence-electron chi connectivity index (χ0n) is 28.0. The minimum atomic E-state index is -3.33. The fraction of sp³-hybridized carbons (Fsp3) is 0.163. The molecule has 2 unspecified atom stereocenters. The van der Waals surface area contributed by atoms with E-state index in [1.165, 1.54) is 27.4 Å². The highest BCUT2D eigenvalue weighted by atomic mass is 31.2. The molecule has 7 aromatic rings. The summed E-state index contributed by atoms with van der Waals surface area (Å²) in [6.07, 6.45) is 0. The van der Waals surface area contributed by atoms with Crippen molar-refractivity contribution in [3.63, 3.8) is 0 Å². The highest BCUT2D eigenvalue weighted by Gasteiger charge is 2.56. The molecule has 0 amide bonds. The van der Waals surface area contributed by atoms with Crippen molar-refractivity contribution in [2.45, 2.75) is 44.3 Å². The largest absolute Gasteiger partial charge is 0.494 e. The molecule has 1 fully saturated rings. The lowest BCUT2D eigenvalue weighted by atomic mass is 9.61. The minimum absolute atomic E-state index is 0.499. The Morgan fingerprint density at radius 2 is 1.18 bits per heavy atom. The monoisotopic (exact) mass is 655 g/mol. The summed E-state index contributed by atoms with van der Waals surface area (Å²) < 4.78 is 32.0. The van der Waals surface area contributed by atoms with E-state index >= 15 is 4.57 Å². The van der Waals surface area contributed by atoms with Crippen LogP contribution in [0.2, 0.25) is 0 Å². The second kappa shape index (κ2) is 9.73. The maximum Gasteiger partial charge on any atom is 0.494 e. The van der Waals surface area contributed by atoms with Crippen molar-refractivity contribution in [1.82, 2.24) is 4.57 Å². The lowest BCUT2D eigenvalue weighted by Gasteiger charge is -2.47. The summed E-state index contributed by atoms with van der Waals surface area (Å²) >= 11 is 0. The Hall–Kier alpha value is -4.67. The van der Waals surface area contributed by atoms with Crippen LogP contribution in [0.25, 0.3) is 27.5 Å². The molecule has 0 bridgehead atoms. The number of fused-ring (bicyclic) bond motifs is 11. The van der Waals surface area contributed by atoms with E-state index in [4.69, 9.17) is 9.31 Å². The van der Waals surface area contributed by atoms with E-state index in [0.29, 0.717) is 0 Å². The van der Waals surface area contributed by atoms with Crippen LogP contribution < -0.4 is 21.4 Å². The van der Waals surface area contributed by atoms with E-state index in [1.807, 2.05) is 36.4 Å². The van der Waals surface area contributed by atoms with Gasteiger partial charge in [-0.05, 0) is 67.5 Å². The zero-order valence-corrected chi connectivity index (χ0v) is 28.9. The van der Waals surface area contributed by atoms with Crippen LogP contribution in [-0.2, 0) is 19.3 Å². The first-order valence-electron chi connectivity index (χ1n) is 17.1. The molecule has 1 aromatic heterocycles. The van der Waals surface area contributed by atoms with Gasteiger partial charge in [0.05, 0.1) is 33.3 Å². The fourth-order valence-electron chi connectivity index (χ4n) is 8.79. The maximum atomic E-state index is 16.2. The predicted molar refractivity (Wildman–Crippen MR) is 201 cm³/mol. The van der Waals surface area contributed by atoms with Gasteiger partial charge in [0.2, 0.25) is 0 Å². The third-order valence-corrected chi connectivity index (χ3v) is 14.9. The van der Waals surface area contributed by atoms with Crippen LogP contribution in [0.5, 0.6) is 0 Å².